The molecule has 38 heavy (non-hydrogen) atoms. The number of thiophene rings is 1. The summed E-state index contributed by atoms with van der Waals surface area (Å²) in [6.07, 6.45) is 0.665. The highest BCUT2D eigenvalue weighted by atomic mass is 32.2. The van der Waals surface area contributed by atoms with E-state index in [0.717, 1.165) is 10.4 Å². The van der Waals surface area contributed by atoms with Crippen LogP contribution in [0, 0.1) is 0 Å². The normalized spacial score (nSPS) is 10.9. The second-order valence-electron chi connectivity index (χ2n) is 8.05. The Kier molecular flexibility index (Phi) is 8.62. The standard InChI is InChI=1S/C27H25N3O5S3/c1-34-21-12-8-20(9-13-21)30-38(32,33)23-14-10-19(11-15-23)28-27(36)29-25-24(26(31)35-2)17-22(37-25)16-18-6-4-3-5-7-18/h3-15,17,30H,16H2,1-2H3,(H2,28,29,36). The van der Waals surface area contributed by atoms with Crippen molar-refractivity contribution in [3.05, 3.63) is 101 Å². The van der Waals surface area contributed by atoms with E-state index in [1.165, 1.54) is 37.7 Å². The summed E-state index contributed by atoms with van der Waals surface area (Å²) < 4.78 is 38.1. The fraction of sp³-hybridized carbons (Fsp3) is 0.111. The van der Waals surface area contributed by atoms with Crippen molar-refractivity contribution < 1.29 is 22.7 Å². The third kappa shape index (κ3) is 6.88. The molecule has 0 aliphatic heterocycles. The van der Waals surface area contributed by atoms with Crippen LogP contribution in [0.2, 0.25) is 0 Å². The number of thiocarbonyl (C=S) groups is 1. The summed E-state index contributed by atoms with van der Waals surface area (Å²) in [5.74, 6) is 0.159. The average Bonchev–Trinajstić information content (AvgIpc) is 3.31. The largest absolute Gasteiger partial charge is 0.497 e. The van der Waals surface area contributed by atoms with E-state index in [1.54, 1.807) is 42.5 Å². The summed E-state index contributed by atoms with van der Waals surface area (Å²) in [5, 5.41) is 6.89. The van der Waals surface area contributed by atoms with Crippen molar-refractivity contribution in [2.24, 2.45) is 0 Å². The Hall–Kier alpha value is -3.93. The molecule has 0 amide bonds. The van der Waals surface area contributed by atoms with Gasteiger partial charge in [-0.15, -0.1) is 11.3 Å². The quantitative estimate of drug-likeness (QED) is 0.174. The van der Waals surface area contributed by atoms with E-state index >= 15 is 0 Å². The number of sulfonamides is 1. The van der Waals surface area contributed by atoms with Crippen molar-refractivity contribution in [3.8, 4) is 5.75 Å². The van der Waals surface area contributed by atoms with Crippen molar-refractivity contribution in [1.82, 2.24) is 0 Å². The predicted octanol–water partition coefficient (Wildman–Crippen LogP) is 5.74. The maximum atomic E-state index is 12.8. The van der Waals surface area contributed by atoms with Gasteiger partial charge in [-0.3, -0.25) is 4.72 Å². The number of benzene rings is 3. The van der Waals surface area contributed by atoms with Crippen molar-refractivity contribution in [2.75, 3.05) is 29.6 Å². The SMILES string of the molecule is COC(=O)c1cc(Cc2ccccc2)sc1NC(=S)Nc1ccc(S(=O)(=O)Nc2ccc(OC)cc2)cc1. The molecule has 0 spiro atoms. The van der Waals surface area contributed by atoms with Crippen molar-refractivity contribution in [3.63, 3.8) is 0 Å². The van der Waals surface area contributed by atoms with E-state index in [4.69, 9.17) is 21.7 Å². The first-order valence-electron chi connectivity index (χ1n) is 11.4. The van der Waals surface area contributed by atoms with E-state index in [2.05, 4.69) is 15.4 Å². The smallest absolute Gasteiger partial charge is 0.340 e. The third-order valence-corrected chi connectivity index (χ3v) is 8.05. The number of carbonyl (C=O) groups is 1. The van der Waals surface area contributed by atoms with E-state index in [9.17, 15) is 13.2 Å². The van der Waals surface area contributed by atoms with Crippen LogP contribution in [-0.2, 0) is 21.2 Å². The lowest BCUT2D eigenvalue weighted by Crippen LogP contribution is -2.20. The molecule has 4 rings (SSSR count). The van der Waals surface area contributed by atoms with Crippen LogP contribution < -0.4 is 20.1 Å². The molecule has 0 fully saturated rings. The third-order valence-electron chi connectivity index (χ3n) is 5.40. The molecule has 0 atom stereocenters. The summed E-state index contributed by atoms with van der Waals surface area (Å²) in [6, 6.07) is 24.5. The predicted molar refractivity (Wildman–Crippen MR) is 155 cm³/mol. The molecule has 0 unspecified atom stereocenters. The number of carbonyl (C=O) groups excluding carboxylic acids is 1. The molecule has 11 heteroatoms. The molecule has 8 nitrogen and oxygen atoms in total. The summed E-state index contributed by atoms with van der Waals surface area (Å²) in [4.78, 5) is 13.4. The van der Waals surface area contributed by atoms with Crippen molar-refractivity contribution in [1.29, 1.82) is 0 Å². The number of nitrogens with one attached hydrogen (secondary N) is 3. The Morgan fingerprint density at radius 1 is 0.895 bits per heavy atom. The lowest BCUT2D eigenvalue weighted by atomic mass is 10.1. The molecule has 0 saturated heterocycles. The zero-order chi connectivity index (χ0) is 27.1. The lowest BCUT2D eigenvalue weighted by molar-refractivity contribution is 0.0602. The topological polar surface area (TPSA) is 106 Å². The monoisotopic (exact) mass is 567 g/mol. The Balaban J connectivity index is 1.42. The maximum Gasteiger partial charge on any atom is 0.340 e. The zero-order valence-electron chi connectivity index (χ0n) is 20.6. The van der Waals surface area contributed by atoms with Crippen LogP contribution in [0.1, 0.15) is 20.8 Å². The fourth-order valence-corrected chi connectivity index (χ4v) is 5.96. The van der Waals surface area contributed by atoms with Gasteiger partial charge in [0, 0.05) is 22.7 Å². The van der Waals surface area contributed by atoms with Gasteiger partial charge in [-0.1, -0.05) is 30.3 Å². The van der Waals surface area contributed by atoms with Gasteiger partial charge in [-0.2, -0.15) is 0 Å². The Labute approximate surface area is 230 Å². The second-order valence-corrected chi connectivity index (χ2v) is 11.3. The number of anilines is 3. The highest BCUT2D eigenvalue weighted by molar-refractivity contribution is 7.92. The van der Waals surface area contributed by atoms with Crippen molar-refractivity contribution in [2.45, 2.75) is 11.3 Å². The van der Waals surface area contributed by atoms with Gasteiger partial charge in [0.1, 0.15) is 10.8 Å². The Bertz CT molecular complexity index is 1520. The van der Waals surface area contributed by atoms with Crippen LogP contribution in [0.15, 0.2) is 89.8 Å². The minimum atomic E-state index is -3.78. The number of hydrogen-bond donors (Lipinski definition) is 3. The van der Waals surface area contributed by atoms with E-state index < -0.39 is 16.0 Å². The minimum absolute atomic E-state index is 0.0922. The molecule has 1 aromatic heterocycles. The van der Waals surface area contributed by atoms with Gasteiger partial charge in [0.25, 0.3) is 10.0 Å². The first kappa shape index (κ1) is 27.1. The van der Waals surface area contributed by atoms with Crippen LogP contribution in [0.4, 0.5) is 16.4 Å². The summed E-state index contributed by atoms with van der Waals surface area (Å²) in [7, 11) is -0.916. The molecule has 0 bridgehead atoms. The Morgan fingerprint density at radius 3 is 2.18 bits per heavy atom. The molecule has 3 N–H and O–H groups in total. The minimum Gasteiger partial charge on any atom is -0.497 e. The summed E-state index contributed by atoms with van der Waals surface area (Å²) in [6.45, 7) is 0. The molecule has 3 aromatic carbocycles. The van der Waals surface area contributed by atoms with E-state index in [0.29, 0.717) is 34.1 Å². The van der Waals surface area contributed by atoms with Gasteiger partial charge in [0.2, 0.25) is 0 Å². The second kappa shape index (κ2) is 12.1. The number of hydrogen-bond acceptors (Lipinski definition) is 7. The molecular weight excluding hydrogens is 543 g/mol. The molecule has 196 valence electrons. The van der Waals surface area contributed by atoms with Gasteiger partial charge in [0.05, 0.1) is 24.7 Å². The lowest BCUT2D eigenvalue weighted by Gasteiger charge is -2.12. The molecule has 4 aromatic rings. The van der Waals surface area contributed by atoms with Crippen LogP contribution in [0.5, 0.6) is 5.75 Å². The number of ether oxygens (including phenoxy) is 2. The molecule has 0 saturated carbocycles. The van der Waals surface area contributed by atoms with E-state index in [-0.39, 0.29) is 10.0 Å². The Morgan fingerprint density at radius 2 is 1.55 bits per heavy atom. The van der Waals surface area contributed by atoms with Gasteiger partial charge in [-0.05, 0) is 72.4 Å². The van der Waals surface area contributed by atoms with Crippen LogP contribution in [0.25, 0.3) is 0 Å². The maximum absolute atomic E-state index is 12.8. The first-order valence-corrected chi connectivity index (χ1v) is 14.1. The van der Waals surface area contributed by atoms with Crippen LogP contribution >= 0.6 is 23.6 Å². The fourth-order valence-electron chi connectivity index (χ4n) is 3.54. The van der Waals surface area contributed by atoms with Crippen molar-refractivity contribution >= 4 is 61.0 Å². The molecule has 0 aliphatic rings. The highest BCUT2D eigenvalue weighted by Gasteiger charge is 2.18. The molecule has 0 radical (unpaired) electrons. The van der Waals surface area contributed by atoms with Crippen LogP contribution in [0.3, 0.4) is 0 Å². The summed E-state index contributed by atoms with van der Waals surface area (Å²) >= 11 is 6.86. The van der Waals surface area contributed by atoms with Gasteiger partial charge in [-0.25, -0.2) is 13.2 Å². The number of esters is 1. The number of methoxy groups -OCH3 is 2. The molecule has 0 aliphatic carbocycles. The molecular formula is C27H25N3O5S3. The zero-order valence-corrected chi connectivity index (χ0v) is 23.0. The molecule has 1 heterocycles. The highest BCUT2D eigenvalue weighted by Crippen LogP contribution is 2.31. The first-order chi connectivity index (χ1) is 18.3. The average molecular weight is 568 g/mol. The van der Waals surface area contributed by atoms with Gasteiger partial charge >= 0.3 is 5.97 Å². The van der Waals surface area contributed by atoms with Gasteiger partial charge < -0.3 is 20.1 Å². The van der Waals surface area contributed by atoms with E-state index in [1.807, 2.05) is 30.3 Å². The van der Waals surface area contributed by atoms with Gasteiger partial charge in [0.15, 0.2) is 5.11 Å². The number of rotatable bonds is 9. The van der Waals surface area contributed by atoms with Crippen LogP contribution in [-0.4, -0.2) is 33.7 Å². The summed E-state index contributed by atoms with van der Waals surface area (Å²) in [5.41, 5.74) is 2.50.